The highest BCUT2D eigenvalue weighted by Crippen LogP contribution is 2.30. The average Bonchev–Trinajstić information content (AvgIpc) is 2.28. The monoisotopic (exact) mass is 396 g/mol. The van der Waals surface area contributed by atoms with Crippen molar-refractivity contribution in [1.82, 2.24) is 0 Å². The summed E-state index contributed by atoms with van der Waals surface area (Å²) in [5, 5.41) is 0.768. The lowest BCUT2D eigenvalue weighted by Crippen LogP contribution is -2.34. The van der Waals surface area contributed by atoms with Crippen LogP contribution < -0.4 is 0 Å². The van der Waals surface area contributed by atoms with Crippen LogP contribution in [0.3, 0.4) is 0 Å². The van der Waals surface area contributed by atoms with E-state index in [1.807, 2.05) is 31.2 Å². The van der Waals surface area contributed by atoms with Gasteiger partial charge in [-0.05, 0) is 53.6 Å². The summed E-state index contributed by atoms with van der Waals surface area (Å²) in [5.74, 6) is -0.186. The van der Waals surface area contributed by atoms with Crippen LogP contribution >= 0.6 is 38.5 Å². The van der Waals surface area contributed by atoms with Crippen LogP contribution in [0.1, 0.15) is 18.9 Å². The Labute approximate surface area is 118 Å². The Morgan fingerprint density at radius 3 is 2.75 bits per heavy atom. The number of alkyl halides is 1. The number of carbonyl (C=O) groups excluding carboxylic acids is 1. The Morgan fingerprint density at radius 1 is 1.56 bits per heavy atom. The Morgan fingerprint density at radius 2 is 2.25 bits per heavy atom. The summed E-state index contributed by atoms with van der Waals surface area (Å²) < 4.78 is 6.02. The molecule has 0 aliphatic carbocycles. The molecule has 1 unspecified atom stereocenters. The third-order valence-electron chi connectivity index (χ3n) is 2.69. The Kier molecular flexibility index (Phi) is 5.24. The second kappa shape index (κ2) is 6.00. The van der Waals surface area contributed by atoms with E-state index in [0.717, 1.165) is 20.9 Å². The van der Waals surface area contributed by atoms with Crippen LogP contribution in [0.2, 0.25) is 0 Å². The molecule has 16 heavy (non-hydrogen) atoms. The van der Waals surface area contributed by atoms with Crippen LogP contribution in [0, 0.1) is 3.57 Å². The maximum Gasteiger partial charge on any atom is 0.316 e. The number of carbonyl (C=O) groups is 1. The fourth-order valence-corrected chi connectivity index (χ4v) is 2.95. The molecule has 1 aromatic rings. The zero-order valence-corrected chi connectivity index (χ0v) is 13.0. The highest BCUT2D eigenvalue weighted by molar-refractivity contribution is 14.1. The van der Waals surface area contributed by atoms with Crippen molar-refractivity contribution < 1.29 is 9.53 Å². The van der Waals surface area contributed by atoms with Crippen molar-refractivity contribution in [3.63, 3.8) is 0 Å². The molecule has 0 spiro atoms. The van der Waals surface area contributed by atoms with Crippen LogP contribution in [0.5, 0.6) is 0 Å². The van der Waals surface area contributed by atoms with E-state index < -0.39 is 5.41 Å². The predicted molar refractivity (Wildman–Crippen MR) is 76.9 cm³/mol. The van der Waals surface area contributed by atoms with Gasteiger partial charge in [0.15, 0.2) is 0 Å². The lowest BCUT2D eigenvalue weighted by molar-refractivity contribution is -0.147. The minimum absolute atomic E-state index is 0.186. The standard InChI is InChI=1S/C12H14BrIO2/c1-12(6-7-13,11(15)16-2)9-4-3-5-10(14)8-9/h3-5,8H,6-7H2,1-2H3. The van der Waals surface area contributed by atoms with Gasteiger partial charge in [-0.25, -0.2) is 0 Å². The lowest BCUT2D eigenvalue weighted by atomic mass is 9.80. The molecule has 88 valence electrons. The molecule has 1 aromatic carbocycles. The minimum atomic E-state index is -0.570. The Hall–Kier alpha value is -0.100. The van der Waals surface area contributed by atoms with Gasteiger partial charge < -0.3 is 4.74 Å². The molecular weight excluding hydrogens is 383 g/mol. The number of hydrogen-bond donors (Lipinski definition) is 0. The minimum Gasteiger partial charge on any atom is -0.468 e. The molecule has 0 saturated heterocycles. The van der Waals surface area contributed by atoms with Crippen molar-refractivity contribution in [1.29, 1.82) is 0 Å². The molecule has 0 bridgehead atoms. The maximum atomic E-state index is 11.9. The molecule has 0 aromatic heterocycles. The zero-order chi connectivity index (χ0) is 12.2. The fourth-order valence-electron chi connectivity index (χ4n) is 1.61. The second-order valence-corrected chi connectivity index (χ2v) is 5.81. The average molecular weight is 397 g/mol. The molecule has 0 N–H and O–H groups in total. The van der Waals surface area contributed by atoms with Gasteiger partial charge in [0.1, 0.15) is 0 Å². The van der Waals surface area contributed by atoms with Gasteiger partial charge >= 0.3 is 5.97 Å². The summed E-state index contributed by atoms with van der Waals surface area (Å²) in [7, 11) is 1.43. The number of ether oxygens (including phenoxy) is 1. The summed E-state index contributed by atoms with van der Waals surface area (Å²) in [4.78, 5) is 11.9. The van der Waals surface area contributed by atoms with Crippen LogP contribution in [-0.4, -0.2) is 18.4 Å². The smallest absolute Gasteiger partial charge is 0.316 e. The van der Waals surface area contributed by atoms with Gasteiger partial charge in [0.05, 0.1) is 12.5 Å². The van der Waals surface area contributed by atoms with Crippen molar-refractivity contribution in [2.45, 2.75) is 18.8 Å². The summed E-state index contributed by atoms with van der Waals surface area (Å²) in [5.41, 5.74) is 0.435. The molecule has 0 saturated carbocycles. The normalized spacial score (nSPS) is 14.2. The van der Waals surface area contributed by atoms with Crippen molar-refractivity contribution in [3.05, 3.63) is 33.4 Å². The lowest BCUT2D eigenvalue weighted by Gasteiger charge is -2.26. The van der Waals surface area contributed by atoms with E-state index in [1.165, 1.54) is 7.11 Å². The largest absolute Gasteiger partial charge is 0.468 e. The Balaban J connectivity index is 3.15. The number of hydrogen-bond acceptors (Lipinski definition) is 2. The van der Waals surface area contributed by atoms with E-state index in [0.29, 0.717) is 0 Å². The van der Waals surface area contributed by atoms with Crippen molar-refractivity contribution in [2.24, 2.45) is 0 Å². The van der Waals surface area contributed by atoms with Gasteiger partial charge in [0.2, 0.25) is 0 Å². The van der Waals surface area contributed by atoms with Crippen LogP contribution in [0.4, 0.5) is 0 Å². The molecule has 0 heterocycles. The van der Waals surface area contributed by atoms with Crippen LogP contribution in [0.25, 0.3) is 0 Å². The van der Waals surface area contributed by atoms with E-state index in [2.05, 4.69) is 38.5 Å². The Bertz CT molecular complexity index is 381. The van der Waals surface area contributed by atoms with Gasteiger partial charge in [-0.1, -0.05) is 28.1 Å². The molecule has 0 fully saturated rings. The van der Waals surface area contributed by atoms with Crippen LogP contribution in [-0.2, 0) is 14.9 Å². The third-order valence-corrected chi connectivity index (χ3v) is 3.76. The first-order chi connectivity index (χ1) is 7.54. The zero-order valence-electron chi connectivity index (χ0n) is 9.30. The van der Waals surface area contributed by atoms with Gasteiger partial charge in [-0.2, -0.15) is 0 Å². The first kappa shape index (κ1) is 14.0. The number of benzene rings is 1. The van der Waals surface area contributed by atoms with Gasteiger partial charge in [-0.3, -0.25) is 4.79 Å². The quantitative estimate of drug-likeness (QED) is 0.442. The summed E-state index contributed by atoms with van der Waals surface area (Å²) >= 11 is 5.63. The molecule has 0 aliphatic rings. The SMILES string of the molecule is COC(=O)C(C)(CCBr)c1cccc(I)c1. The van der Waals surface area contributed by atoms with Crippen molar-refractivity contribution in [3.8, 4) is 0 Å². The van der Waals surface area contributed by atoms with E-state index in [4.69, 9.17) is 4.74 Å². The molecule has 1 rings (SSSR count). The second-order valence-electron chi connectivity index (χ2n) is 3.77. The van der Waals surface area contributed by atoms with Crippen molar-refractivity contribution >= 4 is 44.5 Å². The first-order valence-corrected chi connectivity index (χ1v) is 7.15. The van der Waals surface area contributed by atoms with E-state index in [1.54, 1.807) is 0 Å². The van der Waals surface area contributed by atoms with Gasteiger partial charge in [0, 0.05) is 8.90 Å². The molecule has 0 radical (unpaired) electrons. The van der Waals surface area contributed by atoms with Gasteiger partial charge in [-0.15, -0.1) is 0 Å². The van der Waals surface area contributed by atoms with Gasteiger partial charge in [0.25, 0.3) is 0 Å². The third kappa shape index (κ3) is 2.97. The summed E-state index contributed by atoms with van der Waals surface area (Å²) in [6, 6.07) is 7.98. The summed E-state index contributed by atoms with van der Waals surface area (Å²) in [6.07, 6.45) is 0.722. The van der Waals surface area contributed by atoms with E-state index in [-0.39, 0.29) is 5.97 Å². The van der Waals surface area contributed by atoms with E-state index in [9.17, 15) is 4.79 Å². The number of rotatable bonds is 4. The molecule has 0 aliphatic heterocycles. The number of methoxy groups -OCH3 is 1. The molecule has 4 heteroatoms. The predicted octanol–water partition coefficient (Wildman–Crippen LogP) is 3.51. The highest BCUT2D eigenvalue weighted by Gasteiger charge is 2.35. The molecule has 2 nitrogen and oxygen atoms in total. The van der Waals surface area contributed by atoms with E-state index >= 15 is 0 Å². The fraction of sp³-hybridized carbons (Fsp3) is 0.417. The highest BCUT2D eigenvalue weighted by atomic mass is 127. The topological polar surface area (TPSA) is 26.3 Å². The number of esters is 1. The maximum absolute atomic E-state index is 11.9. The molecular formula is C12H14BrIO2. The molecule has 0 amide bonds. The molecule has 1 atom stereocenters. The van der Waals surface area contributed by atoms with Crippen LogP contribution in [0.15, 0.2) is 24.3 Å². The first-order valence-electron chi connectivity index (χ1n) is 4.95. The summed E-state index contributed by atoms with van der Waals surface area (Å²) in [6.45, 7) is 1.92. The number of halogens is 2. The van der Waals surface area contributed by atoms with Crippen molar-refractivity contribution in [2.75, 3.05) is 12.4 Å².